The summed E-state index contributed by atoms with van der Waals surface area (Å²) in [6.07, 6.45) is 2.14. The highest BCUT2D eigenvalue weighted by molar-refractivity contribution is 5.79. The van der Waals surface area contributed by atoms with Crippen LogP contribution in [0.1, 0.15) is 24.5 Å². The summed E-state index contributed by atoms with van der Waals surface area (Å²) in [5.41, 5.74) is 8.58. The van der Waals surface area contributed by atoms with E-state index in [1.165, 1.54) is 5.56 Å². The standard InChI is InChI=1S/C15H20N2O/c1-10(9-16)3-4-12-5-6-14-13(8-12)7-11(2)15(18)17-14/h5-8,10H,3-4,9,16H2,1-2H3,(H,17,18). The van der Waals surface area contributed by atoms with Gasteiger partial charge in [0.2, 0.25) is 0 Å². The normalized spacial score (nSPS) is 12.8. The monoisotopic (exact) mass is 244 g/mol. The Morgan fingerprint density at radius 1 is 1.33 bits per heavy atom. The molecule has 3 heteroatoms. The molecule has 0 saturated heterocycles. The molecule has 2 aromatic rings. The van der Waals surface area contributed by atoms with Gasteiger partial charge in [-0.15, -0.1) is 0 Å². The van der Waals surface area contributed by atoms with Crippen molar-refractivity contribution in [3.63, 3.8) is 0 Å². The molecule has 18 heavy (non-hydrogen) atoms. The number of hydrogen-bond acceptors (Lipinski definition) is 2. The van der Waals surface area contributed by atoms with E-state index >= 15 is 0 Å². The van der Waals surface area contributed by atoms with Crippen LogP contribution in [-0.4, -0.2) is 11.5 Å². The van der Waals surface area contributed by atoms with Crippen molar-refractivity contribution in [2.24, 2.45) is 11.7 Å². The van der Waals surface area contributed by atoms with Crippen LogP contribution in [0.5, 0.6) is 0 Å². The number of aryl methyl sites for hydroxylation is 2. The summed E-state index contributed by atoms with van der Waals surface area (Å²) in [5.74, 6) is 0.554. The fourth-order valence-electron chi connectivity index (χ4n) is 2.05. The second-order valence-electron chi connectivity index (χ2n) is 5.08. The highest BCUT2D eigenvalue weighted by Crippen LogP contribution is 2.16. The molecule has 1 aromatic carbocycles. The molecular weight excluding hydrogens is 224 g/mol. The van der Waals surface area contributed by atoms with Crippen molar-refractivity contribution in [1.29, 1.82) is 0 Å². The van der Waals surface area contributed by atoms with E-state index in [9.17, 15) is 4.79 Å². The van der Waals surface area contributed by atoms with E-state index in [1.807, 2.05) is 19.1 Å². The van der Waals surface area contributed by atoms with E-state index in [0.29, 0.717) is 5.92 Å². The second-order valence-corrected chi connectivity index (χ2v) is 5.08. The van der Waals surface area contributed by atoms with Gasteiger partial charge in [-0.2, -0.15) is 0 Å². The van der Waals surface area contributed by atoms with Gasteiger partial charge in [0, 0.05) is 11.1 Å². The lowest BCUT2D eigenvalue weighted by molar-refractivity contribution is 0.545. The predicted molar refractivity (Wildman–Crippen MR) is 75.8 cm³/mol. The van der Waals surface area contributed by atoms with Crippen LogP contribution in [0.2, 0.25) is 0 Å². The van der Waals surface area contributed by atoms with Gasteiger partial charge in [0.25, 0.3) is 5.56 Å². The first-order chi connectivity index (χ1) is 8.60. The van der Waals surface area contributed by atoms with Crippen LogP contribution in [0.3, 0.4) is 0 Å². The molecule has 1 atom stereocenters. The number of hydrogen-bond donors (Lipinski definition) is 2. The number of rotatable bonds is 4. The quantitative estimate of drug-likeness (QED) is 0.867. The summed E-state index contributed by atoms with van der Waals surface area (Å²) in [7, 11) is 0. The highest BCUT2D eigenvalue weighted by Gasteiger charge is 2.03. The van der Waals surface area contributed by atoms with E-state index in [4.69, 9.17) is 5.73 Å². The Labute approximate surface area is 107 Å². The van der Waals surface area contributed by atoms with Crippen molar-refractivity contribution >= 4 is 10.9 Å². The van der Waals surface area contributed by atoms with Crippen molar-refractivity contribution in [2.75, 3.05) is 6.54 Å². The van der Waals surface area contributed by atoms with Crippen molar-refractivity contribution in [3.8, 4) is 0 Å². The molecular formula is C15H20N2O. The van der Waals surface area contributed by atoms with Crippen molar-refractivity contribution < 1.29 is 0 Å². The summed E-state index contributed by atoms with van der Waals surface area (Å²) in [6, 6.07) is 8.17. The Kier molecular flexibility index (Phi) is 3.82. The minimum Gasteiger partial charge on any atom is -0.330 e. The molecule has 0 aliphatic carbocycles. The Bertz CT molecular complexity index is 601. The van der Waals surface area contributed by atoms with E-state index in [-0.39, 0.29) is 5.56 Å². The van der Waals surface area contributed by atoms with Gasteiger partial charge in [0.15, 0.2) is 0 Å². The molecule has 0 aliphatic rings. The van der Waals surface area contributed by atoms with Crippen LogP contribution in [0.25, 0.3) is 10.9 Å². The van der Waals surface area contributed by atoms with E-state index in [1.54, 1.807) is 0 Å². The van der Waals surface area contributed by atoms with Gasteiger partial charge < -0.3 is 10.7 Å². The predicted octanol–water partition coefficient (Wildman–Crippen LogP) is 2.36. The zero-order valence-electron chi connectivity index (χ0n) is 11.0. The molecule has 96 valence electrons. The molecule has 2 rings (SSSR count). The first-order valence-corrected chi connectivity index (χ1v) is 6.43. The number of nitrogens with one attached hydrogen (secondary N) is 1. The van der Waals surface area contributed by atoms with Crippen molar-refractivity contribution in [3.05, 3.63) is 45.7 Å². The number of benzene rings is 1. The molecule has 1 unspecified atom stereocenters. The summed E-state index contributed by atoms with van der Waals surface area (Å²) in [5, 5.41) is 1.10. The molecule has 1 aromatic heterocycles. The SMILES string of the molecule is Cc1cc2cc(CCC(C)CN)ccc2[nH]c1=O. The number of H-pyrrole nitrogens is 1. The zero-order valence-corrected chi connectivity index (χ0v) is 11.0. The van der Waals surface area contributed by atoms with E-state index in [0.717, 1.165) is 35.9 Å². The summed E-state index contributed by atoms with van der Waals surface area (Å²) in [4.78, 5) is 14.4. The molecule has 0 saturated carbocycles. The largest absolute Gasteiger partial charge is 0.330 e. The van der Waals surface area contributed by atoms with Crippen molar-refractivity contribution in [1.82, 2.24) is 4.98 Å². The third kappa shape index (κ3) is 2.79. The first kappa shape index (κ1) is 12.8. The minimum absolute atomic E-state index is 0.00740. The number of pyridine rings is 1. The molecule has 0 fully saturated rings. The zero-order chi connectivity index (χ0) is 13.1. The van der Waals surface area contributed by atoms with Gasteiger partial charge in [-0.05, 0) is 61.4 Å². The van der Waals surface area contributed by atoms with Crippen LogP contribution in [0.15, 0.2) is 29.1 Å². The highest BCUT2D eigenvalue weighted by atomic mass is 16.1. The van der Waals surface area contributed by atoms with Gasteiger partial charge in [-0.25, -0.2) is 0 Å². The van der Waals surface area contributed by atoms with Crippen LogP contribution in [0, 0.1) is 12.8 Å². The Balaban J connectivity index is 2.27. The number of fused-ring (bicyclic) bond motifs is 1. The average molecular weight is 244 g/mol. The minimum atomic E-state index is -0.00740. The molecule has 3 N–H and O–H groups in total. The molecule has 0 radical (unpaired) electrons. The topological polar surface area (TPSA) is 58.9 Å². The molecule has 3 nitrogen and oxygen atoms in total. The summed E-state index contributed by atoms with van der Waals surface area (Å²) in [6.45, 7) is 4.74. The summed E-state index contributed by atoms with van der Waals surface area (Å²) < 4.78 is 0. The Hall–Kier alpha value is -1.61. The molecule has 0 bridgehead atoms. The Morgan fingerprint density at radius 2 is 2.11 bits per heavy atom. The Morgan fingerprint density at radius 3 is 2.83 bits per heavy atom. The fourth-order valence-corrected chi connectivity index (χ4v) is 2.05. The smallest absolute Gasteiger partial charge is 0.251 e. The maximum Gasteiger partial charge on any atom is 0.251 e. The van der Waals surface area contributed by atoms with Crippen LogP contribution < -0.4 is 11.3 Å². The van der Waals surface area contributed by atoms with Gasteiger partial charge in [0.1, 0.15) is 0 Å². The van der Waals surface area contributed by atoms with Gasteiger partial charge in [-0.1, -0.05) is 13.0 Å². The van der Waals surface area contributed by atoms with Gasteiger partial charge in [-0.3, -0.25) is 4.79 Å². The molecule has 1 heterocycles. The van der Waals surface area contributed by atoms with E-state index in [2.05, 4.69) is 24.0 Å². The van der Waals surface area contributed by atoms with Gasteiger partial charge >= 0.3 is 0 Å². The number of aromatic nitrogens is 1. The lowest BCUT2D eigenvalue weighted by Crippen LogP contribution is -2.11. The molecule has 0 amide bonds. The molecule has 0 aliphatic heterocycles. The lowest BCUT2D eigenvalue weighted by Gasteiger charge is -2.08. The lowest BCUT2D eigenvalue weighted by atomic mass is 10.00. The van der Waals surface area contributed by atoms with Crippen LogP contribution >= 0.6 is 0 Å². The number of nitrogens with two attached hydrogens (primary N) is 1. The van der Waals surface area contributed by atoms with Crippen LogP contribution in [-0.2, 0) is 6.42 Å². The number of aromatic amines is 1. The van der Waals surface area contributed by atoms with Gasteiger partial charge in [0.05, 0.1) is 0 Å². The fraction of sp³-hybridized carbons (Fsp3) is 0.400. The summed E-state index contributed by atoms with van der Waals surface area (Å²) >= 11 is 0. The third-order valence-electron chi connectivity index (χ3n) is 3.42. The maximum absolute atomic E-state index is 11.5. The molecule has 0 spiro atoms. The third-order valence-corrected chi connectivity index (χ3v) is 3.42. The first-order valence-electron chi connectivity index (χ1n) is 6.43. The average Bonchev–Trinajstić information content (AvgIpc) is 2.37. The maximum atomic E-state index is 11.5. The second kappa shape index (κ2) is 5.36. The van der Waals surface area contributed by atoms with E-state index < -0.39 is 0 Å². The van der Waals surface area contributed by atoms with Crippen molar-refractivity contribution in [2.45, 2.75) is 26.7 Å². The van der Waals surface area contributed by atoms with Crippen LogP contribution in [0.4, 0.5) is 0 Å².